The summed E-state index contributed by atoms with van der Waals surface area (Å²) in [6.07, 6.45) is 4.84. The Hall–Kier alpha value is -1.85. The summed E-state index contributed by atoms with van der Waals surface area (Å²) in [7, 11) is 3.47. The van der Waals surface area contributed by atoms with E-state index in [-0.39, 0.29) is 11.2 Å². The molecule has 6 nitrogen and oxygen atoms in total. The van der Waals surface area contributed by atoms with Crippen molar-refractivity contribution in [1.82, 2.24) is 18.9 Å². The zero-order valence-electron chi connectivity index (χ0n) is 13.3. The minimum absolute atomic E-state index is 0.199. The number of nitrogens with zero attached hydrogens (tertiary/aromatic N) is 4. The van der Waals surface area contributed by atoms with Crippen molar-refractivity contribution in [2.75, 3.05) is 0 Å². The summed E-state index contributed by atoms with van der Waals surface area (Å²) in [6.45, 7) is 4.60. The number of unbranched alkanes of at least 4 members (excludes halogenated alkanes) is 3. The lowest BCUT2D eigenvalue weighted by Gasteiger charge is -2.09. The number of hydrogen-bond donors (Lipinski definition) is 0. The topological polar surface area (TPSA) is 61.8 Å². The highest BCUT2D eigenvalue weighted by atomic mass is 16.2. The Morgan fingerprint density at radius 2 is 1.76 bits per heavy atom. The molecular weight excluding hydrogens is 268 g/mol. The third kappa shape index (κ3) is 2.66. The minimum atomic E-state index is -0.255. The van der Waals surface area contributed by atoms with Gasteiger partial charge < -0.3 is 0 Å². The second kappa shape index (κ2) is 6.28. The Bertz CT molecular complexity index is 752. The normalized spacial score (nSPS) is 11.4. The van der Waals surface area contributed by atoms with Crippen LogP contribution in [0.25, 0.3) is 11.0 Å². The van der Waals surface area contributed by atoms with Crippen molar-refractivity contribution in [3.05, 3.63) is 26.5 Å². The van der Waals surface area contributed by atoms with Crippen LogP contribution in [-0.4, -0.2) is 18.9 Å². The largest absolute Gasteiger partial charge is 0.332 e. The second-order valence-corrected chi connectivity index (χ2v) is 5.48. The van der Waals surface area contributed by atoms with Gasteiger partial charge in [0.15, 0.2) is 0 Å². The fourth-order valence-electron chi connectivity index (χ4n) is 2.81. The average Bonchev–Trinajstić information content (AvgIpc) is 2.81. The maximum atomic E-state index is 12.7. The SMILES string of the molecule is CCCCCCn1c(=O)c2c(CC)nn(C)c2n(C)c1=O. The van der Waals surface area contributed by atoms with E-state index in [0.29, 0.717) is 24.0 Å². The maximum Gasteiger partial charge on any atom is 0.332 e. The maximum absolute atomic E-state index is 12.7. The number of aryl methyl sites for hydroxylation is 3. The molecule has 0 aliphatic rings. The molecule has 0 radical (unpaired) electrons. The molecule has 0 bridgehead atoms. The van der Waals surface area contributed by atoms with E-state index < -0.39 is 0 Å². The third-order valence-electron chi connectivity index (χ3n) is 3.95. The molecule has 21 heavy (non-hydrogen) atoms. The van der Waals surface area contributed by atoms with Crippen molar-refractivity contribution in [3.63, 3.8) is 0 Å². The van der Waals surface area contributed by atoms with Crippen LogP contribution >= 0.6 is 0 Å². The molecule has 6 heteroatoms. The highest BCUT2D eigenvalue weighted by Crippen LogP contribution is 2.12. The van der Waals surface area contributed by atoms with E-state index >= 15 is 0 Å². The van der Waals surface area contributed by atoms with Gasteiger partial charge in [0.05, 0.1) is 5.69 Å². The Labute approximate surface area is 124 Å². The van der Waals surface area contributed by atoms with Crippen LogP contribution in [0.5, 0.6) is 0 Å². The molecule has 0 aliphatic carbocycles. The lowest BCUT2D eigenvalue weighted by Crippen LogP contribution is -2.39. The number of hydrogen-bond acceptors (Lipinski definition) is 3. The van der Waals surface area contributed by atoms with Gasteiger partial charge in [-0.25, -0.2) is 4.79 Å². The predicted octanol–water partition coefficient (Wildman–Crippen LogP) is 1.58. The molecule has 0 spiro atoms. The number of fused-ring (bicyclic) bond motifs is 1. The summed E-state index contributed by atoms with van der Waals surface area (Å²) in [5.74, 6) is 0. The summed E-state index contributed by atoms with van der Waals surface area (Å²) in [4.78, 5) is 25.1. The Morgan fingerprint density at radius 3 is 2.38 bits per heavy atom. The highest BCUT2D eigenvalue weighted by molar-refractivity contribution is 5.77. The van der Waals surface area contributed by atoms with Crippen molar-refractivity contribution in [2.24, 2.45) is 14.1 Å². The fraction of sp³-hybridized carbons (Fsp3) is 0.667. The lowest BCUT2D eigenvalue weighted by molar-refractivity contribution is 0.538. The zero-order valence-corrected chi connectivity index (χ0v) is 13.3. The Balaban J connectivity index is 2.57. The van der Waals surface area contributed by atoms with Crippen molar-refractivity contribution in [3.8, 4) is 0 Å². The highest BCUT2D eigenvalue weighted by Gasteiger charge is 2.18. The minimum Gasteiger partial charge on any atom is -0.281 e. The molecule has 0 aromatic carbocycles. The molecule has 0 aliphatic heterocycles. The van der Waals surface area contributed by atoms with E-state index in [2.05, 4.69) is 12.0 Å². The molecule has 0 N–H and O–H groups in total. The molecule has 2 aromatic heterocycles. The van der Waals surface area contributed by atoms with Crippen LogP contribution in [0, 0.1) is 0 Å². The average molecular weight is 292 g/mol. The summed E-state index contributed by atoms with van der Waals surface area (Å²) in [6, 6.07) is 0. The van der Waals surface area contributed by atoms with E-state index in [1.54, 1.807) is 18.8 Å². The first-order chi connectivity index (χ1) is 10.0. The van der Waals surface area contributed by atoms with E-state index in [9.17, 15) is 9.59 Å². The van der Waals surface area contributed by atoms with Crippen LogP contribution in [0.2, 0.25) is 0 Å². The molecule has 0 saturated heterocycles. The van der Waals surface area contributed by atoms with Gasteiger partial charge in [-0.2, -0.15) is 5.10 Å². The fourth-order valence-corrected chi connectivity index (χ4v) is 2.81. The van der Waals surface area contributed by atoms with Gasteiger partial charge in [-0.3, -0.25) is 18.6 Å². The van der Waals surface area contributed by atoms with Gasteiger partial charge >= 0.3 is 5.69 Å². The van der Waals surface area contributed by atoms with E-state index in [4.69, 9.17) is 0 Å². The molecule has 2 aromatic rings. The molecular formula is C15H24N4O2. The van der Waals surface area contributed by atoms with Gasteiger partial charge in [-0.05, 0) is 12.8 Å². The lowest BCUT2D eigenvalue weighted by atomic mass is 10.2. The van der Waals surface area contributed by atoms with E-state index in [1.165, 1.54) is 9.13 Å². The molecule has 116 valence electrons. The van der Waals surface area contributed by atoms with Crippen molar-refractivity contribution in [1.29, 1.82) is 0 Å². The predicted molar refractivity (Wildman–Crippen MR) is 83.7 cm³/mol. The standard InChI is InChI=1S/C15H24N4O2/c1-5-7-8-9-10-19-14(20)12-11(6-2)16-18(4)13(12)17(3)15(19)21/h5-10H2,1-4H3. The van der Waals surface area contributed by atoms with Gasteiger partial charge in [-0.1, -0.05) is 33.1 Å². The summed E-state index contributed by atoms with van der Waals surface area (Å²) >= 11 is 0. The Morgan fingerprint density at radius 1 is 1.05 bits per heavy atom. The number of aromatic nitrogens is 4. The monoisotopic (exact) mass is 292 g/mol. The van der Waals surface area contributed by atoms with Gasteiger partial charge in [0, 0.05) is 20.6 Å². The van der Waals surface area contributed by atoms with Crippen molar-refractivity contribution < 1.29 is 0 Å². The van der Waals surface area contributed by atoms with Crippen LogP contribution in [-0.2, 0) is 27.1 Å². The van der Waals surface area contributed by atoms with Crippen molar-refractivity contribution in [2.45, 2.75) is 52.5 Å². The van der Waals surface area contributed by atoms with Crippen LogP contribution in [0.1, 0.15) is 45.2 Å². The molecule has 0 saturated carbocycles. The number of rotatable bonds is 6. The first-order valence-electron chi connectivity index (χ1n) is 7.68. The molecule has 0 amide bonds. The van der Waals surface area contributed by atoms with Gasteiger partial charge in [0.1, 0.15) is 11.0 Å². The Kier molecular flexibility index (Phi) is 4.65. The van der Waals surface area contributed by atoms with Gasteiger partial charge in [0.2, 0.25) is 0 Å². The zero-order chi connectivity index (χ0) is 15.6. The van der Waals surface area contributed by atoms with E-state index in [1.807, 2.05) is 6.92 Å². The van der Waals surface area contributed by atoms with Gasteiger partial charge in [-0.15, -0.1) is 0 Å². The quantitative estimate of drug-likeness (QED) is 0.759. The molecule has 0 unspecified atom stereocenters. The summed E-state index contributed by atoms with van der Waals surface area (Å²) in [5.41, 5.74) is 0.909. The van der Waals surface area contributed by atoms with Crippen LogP contribution < -0.4 is 11.2 Å². The van der Waals surface area contributed by atoms with Crippen LogP contribution in [0.3, 0.4) is 0 Å². The second-order valence-electron chi connectivity index (χ2n) is 5.48. The molecule has 0 atom stereocenters. The summed E-state index contributed by atoms with van der Waals surface area (Å²) < 4.78 is 4.51. The first kappa shape index (κ1) is 15.5. The smallest absolute Gasteiger partial charge is 0.281 e. The van der Waals surface area contributed by atoms with Crippen molar-refractivity contribution >= 4 is 11.0 Å². The van der Waals surface area contributed by atoms with Crippen LogP contribution in [0.15, 0.2) is 9.59 Å². The molecule has 2 rings (SSSR count). The van der Waals surface area contributed by atoms with Gasteiger partial charge in [0.25, 0.3) is 5.56 Å². The van der Waals surface area contributed by atoms with E-state index in [0.717, 1.165) is 31.4 Å². The summed E-state index contributed by atoms with van der Waals surface area (Å²) in [5, 5.41) is 4.95. The molecule has 2 heterocycles. The first-order valence-corrected chi connectivity index (χ1v) is 7.68. The molecule has 0 fully saturated rings. The third-order valence-corrected chi connectivity index (χ3v) is 3.95. The van der Waals surface area contributed by atoms with Crippen LogP contribution in [0.4, 0.5) is 0 Å².